The molecule has 0 radical (unpaired) electrons. The fraction of sp³-hybridized carbons (Fsp3) is 0.562. The van der Waals surface area contributed by atoms with E-state index in [1.165, 1.54) is 41.7 Å². The van der Waals surface area contributed by atoms with Gasteiger partial charge in [-0.05, 0) is 56.2 Å². The average Bonchev–Trinajstić information content (AvgIpc) is 2.74. The van der Waals surface area contributed by atoms with Crippen LogP contribution in [0.1, 0.15) is 61.3 Å². The molecule has 0 atom stereocenters. The summed E-state index contributed by atoms with van der Waals surface area (Å²) in [7, 11) is 0. The van der Waals surface area contributed by atoms with Crippen LogP contribution in [0.25, 0.3) is 5.57 Å². The Labute approximate surface area is 132 Å². The van der Waals surface area contributed by atoms with Gasteiger partial charge in [0, 0.05) is 4.88 Å². The Bertz CT molecular complexity index is 479. The Balaban J connectivity index is 0.00000200. The molecule has 1 heterocycles. The lowest BCUT2D eigenvalue weighted by atomic mass is 10.0. The number of halogens is 1. The van der Waals surface area contributed by atoms with E-state index < -0.39 is 0 Å². The number of unbranched alkanes of at least 4 members (excludes halogenated alkanes) is 1. The van der Waals surface area contributed by atoms with Gasteiger partial charge in [-0.15, -0.1) is 23.7 Å². The molecule has 1 N–H and O–H groups in total. The van der Waals surface area contributed by atoms with Crippen molar-refractivity contribution in [3.05, 3.63) is 27.5 Å². The standard InChI is InChI=1S/C16H23NOS.ClH/c1-3-5-8-12-9-6-7-10-14-13(12)11-15(19-14)16(17)18-4-2;/h8,11,17H,3-7,9-10H2,1-2H3;1H/b12-8+,17-16?;. The maximum atomic E-state index is 7.94. The number of allylic oxidation sites excluding steroid dienone is 2. The lowest BCUT2D eigenvalue weighted by Gasteiger charge is -2.04. The van der Waals surface area contributed by atoms with Crippen LogP contribution in [0.2, 0.25) is 0 Å². The lowest BCUT2D eigenvalue weighted by Crippen LogP contribution is -2.01. The van der Waals surface area contributed by atoms with Crippen molar-refractivity contribution in [3.8, 4) is 0 Å². The number of hydrogen-bond donors (Lipinski definition) is 1. The number of ether oxygens (including phenoxy) is 1. The summed E-state index contributed by atoms with van der Waals surface area (Å²) >= 11 is 1.74. The van der Waals surface area contributed by atoms with Crippen molar-refractivity contribution in [2.45, 2.75) is 52.4 Å². The largest absolute Gasteiger partial charge is 0.477 e. The summed E-state index contributed by atoms with van der Waals surface area (Å²) in [5.41, 5.74) is 2.87. The number of aryl methyl sites for hydroxylation is 1. The maximum Gasteiger partial charge on any atom is 0.223 e. The Morgan fingerprint density at radius 1 is 1.35 bits per heavy atom. The lowest BCUT2D eigenvalue weighted by molar-refractivity contribution is 0.326. The van der Waals surface area contributed by atoms with Gasteiger partial charge in [-0.3, -0.25) is 5.41 Å². The fourth-order valence-electron chi connectivity index (χ4n) is 2.48. The third-order valence-electron chi connectivity index (χ3n) is 3.45. The molecule has 20 heavy (non-hydrogen) atoms. The van der Waals surface area contributed by atoms with Gasteiger partial charge in [-0.1, -0.05) is 19.4 Å². The molecule has 0 spiro atoms. The van der Waals surface area contributed by atoms with E-state index in [4.69, 9.17) is 10.1 Å². The van der Waals surface area contributed by atoms with Crippen molar-refractivity contribution < 1.29 is 4.74 Å². The number of nitrogens with one attached hydrogen (secondary N) is 1. The summed E-state index contributed by atoms with van der Waals surface area (Å²) in [5, 5.41) is 7.94. The van der Waals surface area contributed by atoms with Gasteiger partial charge >= 0.3 is 0 Å². The van der Waals surface area contributed by atoms with Gasteiger partial charge in [-0.25, -0.2) is 0 Å². The van der Waals surface area contributed by atoms with Crippen LogP contribution in [0.5, 0.6) is 0 Å². The van der Waals surface area contributed by atoms with E-state index in [0.717, 1.165) is 17.7 Å². The van der Waals surface area contributed by atoms with Crippen LogP contribution in [-0.2, 0) is 11.2 Å². The highest BCUT2D eigenvalue weighted by atomic mass is 35.5. The second-order valence-electron chi connectivity index (χ2n) is 4.93. The summed E-state index contributed by atoms with van der Waals surface area (Å²) in [6.07, 6.45) is 9.64. The SMILES string of the molecule is CCC/C=C1\CCCCc2sc(C(=N)OCC)cc21.Cl. The zero-order valence-electron chi connectivity index (χ0n) is 12.3. The maximum absolute atomic E-state index is 7.94. The molecule has 112 valence electrons. The van der Waals surface area contributed by atoms with Crippen molar-refractivity contribution in [1.82, 2.24) is 0 Å². The van der Waals surface area contributed by atoms with Crippen molar-refractivity contribution in [3.63, 3.8) is 0 Å². The summed E-state index contributed by atoms with van der Waals surface area (Å²) < 4.78 is 5.33. The summed E-state index contributed by atoms with van der Waals surface area (Å²) in [4.78, 5) is 2.43. The summed E-state index contributed by atoms with van der Waals surface area (Å²) in [6, 6.07) is 2.17. The Hall–Kier alpha value is -0.800. The van der Waals surface area contributed by atoms with E-state index in [1.54, 1.807) is 11.3 Å². The molecule has 0 amide bonds. The molecule has 0 saturated heterocycles. The van der Waals surface area contributed by atoms with Gasteiger partial charge in [0.25, 0.3) is 0 Å². The first-order valence-electron chi connectivity index (χ1n) is 7.30. The summed E-state index contributed by atoms with van der Waals surface area (Å²) in [5.74, 6) is 0.329. The van der Waals surface area contributed by atoms with E-state index in [0.29, 0.717) is 12.5 Å². The van der Waals surface area contributed by atoms with Crippen molar-refractivity contribution in [2.24, 2.45) is 0 Å². The highest BCUT2D eigenvalue weighted by molar-refractivity contribution is 7.14. The number of thiophene rings is 1. The molecular formula is C16H24ClNOS. The van der Waals surface area contributed by atoms with Crippen LogP contribution in [0.15, 0.2) is 12.1 Å². The number of fused-ring (bicyclic) bond motifs is 1. The topological polar surface area (TPSA) is 33.1 Å². The normalized spacial score (nSPS) is 16.2. The predicted octanol–water partition coefficient (Wildman–Crippen LogP) is 5.44. The molecule has 2 nitrogen and oxygen atoms in total. The smallest absolute Gasteiger partial charge is 0.223 e. The molecule has 1 aromatic rings. The van der Waals surface area contributed by atoms with Gasteiger partial charge < -0.3 is 4.74 Å². The molecule has 4 heteroatoms. The molecule has 1 aliphatic rings. The molecule has 0 saturated carbocycles. The molecule has 2 rings (SSSR count). The molecule has 0 aliphatic heterocycles. The number of hydrogen-bond acceptors (Lipinski definition) is 3. The molecule has 0 unspecified atom stereocenters. The second-order valence-corrected chi connectivity index (χ2v) is 6.07. The molecular weight excluding hydrogens is 290 g/mol. The minimum atomic E-state index is 0. The van der Waals surface area contributed by atoms with Crippen LogP contribution >= 0.6 is 23.7 Å². The van der Waals surface area contributed by atoms with Crippen LogP contribution in [0.3, 0.4) is 0 Å². The van der Waals surface area contributed by atoms with Gasteiger partial charge in [-0.2, -0.15) is 0 Å². The first kappa shape index (κ1) is 17.3. The van der Waals surface area contributed by atoms with E-state index in [-0.39, 0.29) is 12.4 Å². The van der Waals surface area contributed by atoms with Crippen LogP contribution in [-0.4, -0.2) is 12.5 Å². The Morgan fingerprint density at radius 3 is 2.80 bits per heavy atom. The highest BCUT2D eigenvalue weighted by Crippen LogP contribution is 2.36. The van der Waals surface area contributed by atoms with Crippen molar-refractivity contribution in [2.75, 3.05) is 6.61 Å². The zero-order valence-corrected chi connectivity index (χ0v) is 14.0. The minimum absolute atomic E-state index is 0. The minimum Gasteiger partial charge on any atom is -0.477 e. The molecule has 0 bridgehead atoms. The molecule has 1 aromatic heterocycles. The first-order valence-corrected chi connectivity index (χ1v) is 8.11. The third kappa shape index (κ3) is 4.10. The molecule has 0 fully saturated rings. The monoisotopic (exact) mass is 313 g/mol. The van der Waals surface area contributed by atoms with Crippen LogP contribution in [0, 0.1) is 5.41 Å². The predicted molar refractivity (Wildman–Crippen MR) is 90.5 cm³/mol. The van der Waals surface area contributed by atoms with Crippen molar-refractivity contribution >= 4 is 35.2 Å². The van der Waals surface area contributed by atoms with E-state index >= 15 is 0 Å². The highest BCUT2D eigenvalue weighted by Gasteiger charge is 2.18. The Kier molecular flexibility index (Phi) is 7.31. The first-order chi connectivity index (χ1) is 9.26. The Morgan fingerprint density at radius 2 is 2.10 bits per heavy atom. The molecule has 0 aromatic carbocycles. The van der Waals surface area contributed by atoms with E-state index in [1.807, 2.05) is 6.92 Å². The van der Waals surface area contributed by atoms with Gasteiger partial charge in [0.05, 0.1) is 11.5 Å². The fourth-order valence-corrected chi connectivity index (χ4v) is 3.62. The average molecular weight is 314 g/mol. The van der Waals surface area contributed by atoms with Crippen molar-refractivity contribution in [1.29, 1.82) is 5.41 Å². The van der Waals surface area contributed by atoms with Gasteiger partial charge in [0.2, 0.25) is 5.90 Å². The second kappa shape index (κ2) is 8.48. The zero-order chi connectivity index (χ0) is 13.7. The van der Waals surface area contributed by atoms with E-state index in [2.05, 4.69) is 19.1 Å². The summed E-state index contributed by atoms with van der Waals surface area (Å²) in [6.45, 7) is 4.72. The molecule has 1 aliphatic carbocycles. The van der Waals surface area contributed by atoms with Gasteiger partial charge in [0.1, 0.15) is 0 Å². The van der Waals surface area contributed by atoms with Crippen LogP contribution in [0.4, 0.5) is 0 Å². The van der Waals surface area contributed by atoms with Gasteiger partial charge in [0.15, 0.2) is 0 Å². The quantitative estimate of drug-likeness (QED) is 0.448. The third-order valence-corrected chi connectivity index (χ3v) is 4.64. The van der Waals surface area contributed by atoms with E-state index in [9.17, 15) is 0 Å². The number of rotatable bonds is 4. The van der Waals surface area contributed by atoms with Crippen LogP contribution < -0.4 is 0 Å².